The number of hydrogen-bond acceptors (Lipinski definition) is 1. The molecule has 0 spiro atoms. The lowest BCUT2D eigenvalue weighted by atomic mass is 10.1. The lowest BCUT2D eigenvalue weighted by Crippen LogP contribution is -2.05. The molecule has 0 saturated heterocycles. The van der Waals surface area contributed by atoms with Gasteiger partial charge >= 0.3 is 0 Å². The molecule has 0 aliphatic heterocycles. The van der Waals surface area contributed by atoms with E-state index in [1.807, 2.05) is 13.3 Å². The molecular weight excluding hydrogens is 215 g/mol. The molecular formula is C14H31OP. The molecule has 0 aromatic carbocycles. The third-order valence-electron chi connectivity index (χ3n) is 3.49. The first-order chi connectivity index (χ1) is 7.52. The summed E-state index contributed by atoms with van der Waals surface area (Å²) in [7, 11) is -1.84. The van der Waals surface area contributed by atoms with E-state index in [2.05, 4.69) is 13.8 Å². The van der Waals surface area contributed by atoms with E-state index in [1.54, 1.807) is 0 Å². The first-order valence-electron chi connectivity index (χ1n) is 7.07. The average molecular weight is 246 g/mol. The van der Waals surface area contributed by atoms with Gasteiger partial charge in [-0.25, -0.2) is 0 Å². The van der Waals surface area contributed by atoms with Crippen LogP contribution >= 0.6 is 7.14 Å². The lowest BCUT2D eigenvalue weighted by molar-refractivity contribution is 0.538. The molecule has 0 N–H and O–H groups in total. The Labute approximate surface area is 103 Å². The van der Waals surface area contributed by atoms with Gasteiger partial charge in [0, 0.05) is 5.66 Å². The molecule has 0 rings (SSSR count). The van der Waals surface area contributed by atoms with E-state index in [0.717, 1.165) is 6.42 Å². The molecule has 0 aliphatic rings. The minimum Gasteiger partial charge on any atom is -0.324 e. The largest absolute Gasteiger partial charge is 0.324 e. The van der Waals surface area contributed by atoms with Crippen LogP contribution in [-0.2, 0) is 4.57 Å². The second-order valence-corrected chi connectivity index (χ2v) is 9.00. The maximum atomic E-state index is 12.0. The van der Waals surface area contributed by atoms with Crippen LogP contribution in [0.15, 0.2) is 0 Å². The van der Waals surface area contributed by atoms with Crippen molar-refractivity contribution >= 4 is 7.14 Å². The zero-order chi connectivity index (χ0) is 12.4. The Kier molecular flexibility index (Phi) is 9.41. The van der Waals surface area contributed by atoms with Crippen molar-refractivity contribution in [3.05, 3.63) is 0 Å². The fraction of sp³-hybridized carbons (Fsp3) is 1.00. The molecule has 98 valence electrons. The van der Waals surface area contributed by atoms with Crippen molar-refractivity contribution in [2.24, 2.45) is 0 Å². The summed E-state index contributed by atoms with van der Waals surface area (Å²) < 4.78 is 12.0. The first kappa shape index (κ1) is 16.2. The highest BCUT2D eigenvalue weighted by Crippen LogP contribution is 2.46. The predicted molar refractivity (Wildman–Crippen MR) is 76.1 cm³/mol. The molecule has 0 bridgehead atoms. The van der Waals surface area contributed by atoms with E-state index in [9.17, 15) is 4.57 Å². The Morgan fingerprint density at radius 2 is 1.38 bits per heavy atom. The zero-order valence-electron chi connectivity index (χ0n) is 11.8. The normalized spacial score (nSPS) is 14.0. The summed E-state index contributed by atoms with van der Waals surface area (Å²) >= 11 is 0. The van der Waals surface area contributed by atoms with Gasteiger partial charge in [-0.3, -0.25) is 0 Å². The fourth-order valence-electron chi connectivity index (χ4n) is 2.29. The molecule has 0 radical (unpaired) electrons. The fourth-order valence-corrected chi connectivity index (χ4v) is 3.98. The van der Waals surface area contributed by atoms with Crippen LogP contribution < -0.4 is 0 Å². The van der Waals surface area contributed by atoms with Crippen molar-refractivity contribution in [3.63, 3.8) is 0 Å². The minimum absolute atomic E-state index is 0.475. The van der Waals surface area contributed by atoms with Crippen LogP contribution in [0.25, 0.3) is 0 Å². The summed E-state index contributed by atoms with van der Waals surface area (Å²) in [6, 6.07) is 0. The second kappa shape index (κ2) is 9.28. The molecule has 16 heavy (non-hydrogen) atoms. The van der Waals surface area contributed by atoms with Crippen molar-refractivity contribution in [1.29, 1.82) is 0 Å². The third kappa shape index (κ3) is 8.39. The van der Waals surface area contributed by atoms with Crippen molar-refractivity contribution in [2.45, 2.75) is 77.3 Å². The Morgan fingerprint density at radius 1 is 0.875 bits per heavy atom. The minimum atomic E-state index is -1.84. The molecule has 0 fully saturated rings. The maximum absolute atomic E-state index is 12.0. The van der Waals surface area contributed by atoms with Gasteiger partial charge in [0.2, 0.25) is 0 Å². The van der Waals surface area contributed by atoms with Gasteiger partial charge in [-0.05, 0) is 26.2 Å². The van der Waals surface area contributed by atoms with Crippen LogP contribution in [0.5, 0.6) is 0 Å². The summed E-state index contributed by atoms with van der Waals surface area (Å²) in [5.74, 6) is 0. The Morgan fingerprint density at radius 3 is 1.81 bits per heavy atom. The van der Waals surface area contributed by atoms with Gasteiger partial charge in [0.1, 0.15) is 0 Å². The highest BCUT2D eigenvalue weighted by atomic mass is 31.2. The molecule has 0 saturated carbocycles. The summed E-state index contributed by atoms with van der Waals surface area (Å²) in [6.07, 6.45) is 11.7. The SMILES string of the molecule is CCCCCCCCCC(CC)P(C)(C)=O. The van der Waals surface area contributed by atoms with Crippen molar-refractivity contribution < 1.29 is 4.57 Å². The smallest absolute Gasteiger partial charge is 0.0848 e. The molecule has 0 aromatic rings. The van der Waals surface area contributed by atoms with Crippen molar-refractivity contribution in [3.8, 4) is 0 Å². The lowest BCUT2D eigenvalue weighted by Gasteiger charge is -2.19. The molecule has 0 amide bonds. The Hall–Kier alpha value is 0.230. The van der Waals surface area contributed by atoms with Crippen LogP contribution in [-0.4, -0.2) is 19.0 Å². The summed E-state index contributed by atoms with van der Waals surface area (Å²) in [5, 5.41) is 0. The van der Waals surface area contributed by atoms with Gasteiger partial charge in [0.25, 0.3) is 0 Å². The Balaban J connectivity index is 3.46. The van der Waals surface area contributed by atoms with Gasteiger partial charge in [-0.2, -0.15) is 0 Å². The highest BCUT2D eigenvalue weighted by molar-refractivity contribution is 7.63. The molecule has 0 aliphatic carbocycles. The molecule has 0 aromatic heterocycles. The topological polar surface area (TPSA) is 17.1 Å². The van der Waals surface area contributed by atoms with Crippen LogP contribution in [0.3, 0.4) is 0 Å². The quantitative estimate of drug-likeness (QED) is 0.366. The summed E-state index contributed by atoms with van der Waals surface area (Å²) in [4.78, 5) is 0. The standard InChI is InChI=1S/C14H31OP/c1-5-7-8-9-10-11-12-13-14(6-2)16(3,4)15/h14H,5-13H2,1-4H3. The van der Waals surface area contributed by atoms with E-state index in [-0.39, 0.29) is 0 Å². The van der Waals surface area contributed by atoms with Crippen LogP contribution in [0, 0.1) is 0 Å². The summed E-state index contributed by atoms with van der Waals surface area (Å²) in [5.41, 5.74) is 0.475. The molecule has 1 atom stereocenters. The van der Waals surface area contributed by atoms with E-state index in [0.29, 0.717) is 5.66 Å². The Bertz CT molecular complexity index is 195. The number of rotatable bonds is 10. The third-order valence-corrected chi connectivity index (χ3v) is 5.87. The first-order valence-corrected chi connectivity index (χ1v) is 9.74. The van der Waals surface area contributed by atoms with Gasteiger partial charge in [0.15, 0.2) is 0 Å². The van der Waals surface area contributed by atoms with Crippen molar-refractivity contribution in [1.82, 2.24) is 0 Å². The molecule has 1 unspecified atom stereocenters. The van der Waals surface area contributed by atoms with Crippen LogP contribution in [0.2, 0.25) is 0 Å². The monoisotopic (exact) mass is 246 g/mol. The number of unbranched alkanes of at least 4 members (excludes halogenated alkanes) is 6. The van der Waals surface area contributed by atoms with Gasteiger partial charge in [-0.1, -0.05) is 58.8 Å². The van der Waals surface area contributed by atoms with E-state index in [4.69, 9.17) is 0 Å². The van der Waals surface area contributed by atoms with Crippen LogP contribution in [0.4, 0.5) is 0 Å². The van der Waals surface area contributed by atoms with Crippen LogP contribution in [0.1, 0.15) is 71.6 Å². The highest BCUT2D eigenvalue weighted by Gasteiger charge is 2.20. The molecule has 0 heterocycles. The average Bonchev–Trinajstić information content (AvgIpc) is 2.20. The second-order valence-electron chi connectivity index (χ2n) is 5.41. The van der Waals surface area contributed by atoms with E-state index < -0.39 is 7.14 Å². The van der Waals surface area contributed by atoms with Gasteiger partial charge in [0.05, 0.1) is 7.14 Å². The van der Waals surface area contributed by atoms with Gasteiger partial charge in [-0.15, -0.1) is 0 Å². The molecule has 1 nitrogen and oxygen atoms in total. The summed E-state index contributed by atoms with van der Waals surface area (Å²) in [6.45, 7) is 8.32. The molecule has 2 heteroatoms. The van der Waals surface area contributed by atoms with E-state index >= 15 is 0 Å². The number of hydrogen-bond donors (Lipinski definition) is 0. The van der Waals surface area contributed by atoms with Gasteiger partial charge < -0.3 is 4.57 Å². The van der Waals surface area contributed by atoms with E-state index in [1.165, 1.54) is 51.4 Å². The zero-order valence-corrected chi connectivity index (χ0v) is 12.7. The maximum Gasteiger partial charge on any atom is 0.0848 e. The predicted octanol–water partition coefficient (Wildman–Crippen LogP) is 5.53. The van der Waals surface area contributed by atoms with Crippen molar-refractivity contribution in [2.75, 3.05) is 13.3 Å².